The number of nitrogens with zero attached hydrogens (tertiary/aromatic N) is 2. The van der Waals surface area contributed by atoms with Crippen molar-refractivity contribution >= 4 is 11.8 Å². The van der Waals surface area contributed by atoms with Crippen molar-refractivity contribution in [1.29, 1.82) is 5.26 Å². The molecule has 3 rings (SSSR count). The molecule has 2 aromatic carbocycles. The maximum Gasteiger partial charge on any atom is 0.261 e. The van der Waals surface area contributed by atoms with Crippen molar-refractivity contribution in [3.05, 3.63) is 48.0 Å². The standard InChI is InChI=1S/C24H27N3O6/c1-30-17-7-9-18(10-8-17)33-15-23(28)27-12-4-5-20(27)24(29)26-19(14-25)16-6-11-21(31-2)22(13-16)32-3/h6-11,13,19-20H,4-5,12,15H2,1-3H3,(H,26,29)/t19?,20-/m0/s1. The summed E-state index contributed by atoms with van der Waals surface area (Å²) in [6.07, 6.45) is 1.21. The highest BCUT2D eigenvalue weighted by Crippen LogP contribution is 2.30. The molecule has 2 aromatic rings. The third kappa shape index (κ3) is 5.66. The van der Waals surface area contributed by atoms with E-state index in [1.165, 1.54) is 19.1 Å². The van der Waals surface area contributed by atoms with Crippen molar-refractivity contribution in [3.8, 4) is 29.1 Å². The second-order valence-electron chi connectivity index (χ2n) is 7.39. The van der Waals surface area contributed by atoms with Crippen LogP contribution in [0.3, 0.4) is 0 Å². The van der Waals surface area contributed by atoms with Gasteiger partial charge in [-0.1, -0.05) is 6.07 Å². The normalized spacial score (nSPS) is 15.8. The summed E-state index contributed by atoms with van der Waals surface area (Å²) in [5.74, 6) is 1.52. The number of likely N-dealkylation sites (tertiary alicyclic amines) is 1. The number of carbonyl (C=O) groups is 2. The van der Waals surface area contributed by atoms with Gasteiger partial charge in [-0.2, -0.15) is 5.26 Å². The summed E-state index contributed by atoms with van der Waals surface area (Å²) < 4.78 is 21.2. The Labute approximate surface area is 192 Å². The number of ether oxygens (including phenoxy) is 4. The van der Waals surface area contributed by atoms with Crippen LogP contribution in [0.25, 0.3) is 0 Å². The van der Waals surface area contributed by atoms with Gasteiger partial charge in [0.1, 0.15) is 23.6 Å². The molecule has 1 saturated heterocycles. The fourth-order valence-corrected chi connectivity index (χ4v) is 3.70. The predicted octanol–water partition coefficient (Wildman–Crippen LogP) is 2.46. The van der Waals surface area contributed by atoms with Crippen LogP contribution in [0.2, 0.25) is 0 Å². The van der Waals surface area contributed by atoms with Gasteiger partial charge in [-0.3, -0.25) is 9.59 Å². The van der Waals surface area contributed by atoms with Gasteiger partial charge in [0.05, 0.1) is 27.4 Å². The molecule has 1 unspecified atom stereocenters. The summed E-state index contributed by atoms with van der Waals surface area (Å²) in [7, 11) is 4.59. The van der Waals surface area contributed by atoms with E-state index in [2.05, 4.69) is 11.4 Å². The van der Waals surface area contributed by atoms with Crippen LogP contribution in [0, 0.1) is 11.3 Å². The Morgan fingerprint density at radius 1 is 1.06 bits per heavy atom. The molecule has 0 spiro atoms. The molecule has 2 atom stereocenters. The lowest BCUT2D eigenvalue weighted by Crippen LogP contribution is -2.48. The molecule has 9 nitrogen and oxygen atoms in total. The molecule has 1 fully saturated rings. The Morgan fingerprint density at radius 2 is 1.76 bits per heavy atom. The summed E-state index contributed by atoms with van der Waals surface area (Å²) in [6.45, 7) is 0.268. The molecular weight excluding hydrogens is 426 g/mol. The lowest BCUT2D eigenvalue weighted by atomic mass is 10.1. The minimum absolute atomic E-state index is 0.187. The topological polar surface area (TPSA) is 110 Å². The van der Waals surface area contributed by atoms with Crippen LogP contribution in [-0.4, -0.2) is 57.2 Å². The second kappa shape index (κ2) is 11.1. The number of rotatable bonds is 9. The van der Waals surface area contributed by atoms with Gasteiger partial charge in [0.2, 0.25) is 5.91 Å². The van der Waals surface area contributed by atoms with Gasteiger partial charge in [0, 0.05) is 6.54 Å². The molecule has 2 amide bonds. The van der Waals surface area contributed by atoms with E-state index in [9.17, 15) is 14.9 Å². The van der Waals surface area contributed by atoms with E-state index in [0.717, 1.165) is 0 Å². The Kier molecular flexibility index (Phi) is 7.97. The van der Waals surface area contributed by atoms with Gasteiger partial charge in [-0.25, -0.2) is 0 Å². The van der Waals surface area contributed by atoms with Crippen molar-refractivity contribution in [2.45, 2.75) is 24.9 Å². The van der Waals surface area contributed by atoms with Crippen molar-refractivity contribution in [1.82, 2.24) is 10.2 Å². The highest BCUT2D eigenvalue weighted by molar-refractivity contribution is 5.89. The summed E-state index contributed by atoms with van der Waals surface area (Å²) in [5.41, 5.74) is 0.558. The number of benzene rings is 2. The molecular formula is C24H27N3O6. The van der Waals surface area contributed by atoms with E-state index in [4.69, 9.17) is 18.9 Å². The van der Waals surface area contributed by atoms with E-state index < -0.39 is 12.1 Å². The lowest BCUT2D eigenvalue weighted by Gasteiger charge is -2.25. The predicted molar refractivity (Wildman–Crippen MR) is 119 cm³/mol. The number of amides is 2. The van der Waals surface area contributed by atoms with Crippen LogP contribution < -0.4 is 24.3 Å². The highest BCUT2D eigenvalue weighted by atomic mass is 16.5. The van der Waals surface area contributed by atoms with Gasteiger partial charge >= 0.3 is 0 Å². The zero-order chi connectivity index (χ0) is 23.8. The van der Waals surface area contributed by atoms with Crippen LogP contribution in [0.4, 0.5) is 0 Å². The molecule has 0 aromatic heterocycles. The maximum absolute atomic E-state index is 13.0. The summed E-state index contributed by atoms with van der Waals surface area (Å²) in [6, 6.07) is 12.4. The molecule has 9 heteroatoms. The van der Waals surface area contributed by atoms with Crippen LogP contribution in [0.5, 0.6) is 23.0 Å². The van der Waals surface area contributed by atoms with Crippen molar-refractivity contribution in [3.63, 3.8) is 0 Å². The molecule has 0 saturated carbocycles. The first-order valence-electron chi connectivity index (χ1n) is 10.5. The molecule has 0 bridgehead atoms. The first-order chi connectivity index (χ1) is 16.0. The lowest BCUT2D eigenvalue weighted by molar-refractivity contribution is -0.140. The Bertz CT molecular complexity index is 1020. The summed E-state index contributed by atoms with van der Waals surface area (Å²) in [4.78, 5) is 27.2. The molecule has 1 heterocycles. The molecule has 174 valence electrons. The molecule has 0 radical (unpaired) electrons. The van der Waals surface area contributed by atoms with E-state index in [-0.39, 0.29) is 18.4 Å². The zero-order valence-corrected chi connectivity index (χ0v) is 18.9. The van der Waals surface area contributed by atoms with E-state index in [1.54, 1.807) is 49.6 Å². The van der Waals surface area contributed by atoms with Gasteiger partial charge in [-0.15, -0.1) is 0 Å². The van der Waals surface area contributed by atoms with Gasteiger partial charge in [0.25, 0.3) is 5.91 Å². The van der Waals surface area contributed by atoms with E-state index in [0.29, 0.717) is 47.9 Å². The molecule has 33 heavy (non-hydrogen) atoms. The maximum atomic E-state index is 13.0. The van der Waals surface area contributed by atoms with Crippen LogP contribution in [0.15, 0.2) is 42.5 Å². The molecule has 1 aliphatic heterocycles. The van der Waals surface area contributed by atoms with E-state index >= 15 is 0 Å². The number of nitrogens with one attached hydrogen (secondary N) is 1. The number of methoxy groups -OCH3 is 3. The summed E-state index contributed by atoms with van der Waals surface area (Å²) in [5, 5.41) is 12.4. The van der Waals surface area contributed by atoms with Gasteiger partial charge in [-0.05, 0) is 54.8 Å². The average Bonchev–Trinajstić information content (AvgIpc) is 3.36. The minimum Gasteiger partial charge on any atom is -0.497 e. The average molecular weight is 453 g/mol. The van der Waals surface area contributed by atoms with Crippen LogP contribution in [0.1, 0.15) is 24.4 Å². The van der Waals surface area contributed by atoms with Crippen molar-refractivity contribution < 1.29 is 28.5 Å². The second-order valence-corrected chi connectivity index (χ2v) is 7.39. The SMILES string of the molecule is COc1ccc(OCC(=O)N2CCC[C@H]2C(=O)NC(C#N)c2ccc(OC)c(OC)c2)cc1. The van der Waals surface area contributed by atoms with Crippen LogP contribution >= 0.6 is 0 Å². The number of nitriles is 1. The first-order valence-corrected chi connectivity index (χ1v) is 10.5. The highest BCUT2D eigenvalue weighted by Gasteiger charge is 2.35. The fraction of sp³-hybridized carbons (Fsp3) is 0.375. The monoisotopic (exact) mass is 453 g/mol. The quantitative estimate of drug-likeness (QED) is 0.621. The minimum atomic E-state index is -0.898. The zero-order valence-electron chi connectivity index (χ0n) is 18.9. The molecule has 1 N–H and O–H groups in total. The van der Waals surface area contributed by atoms with E-state index in [1.807, 2.05) is 0 Å². The van der Waals surface area contributed by atoms with Gasteiger partial charge < -0.3 is 29.2 Å². The smallest absolute Gasteiger partial charge is 0.261 e. The molecule has 1 aliphatic rings. The Balaban J connectivity index is 1.63. The third-order valence-corrected chi connectivity index (χ3v) is 5.45. The number of hydrogen-bond donors (Lipinski definition) is 1. The van der Waals surface area contributed by atoms with Crippen LogP contribution in [-0.2, 0) is 9.59 Å². The third-order valence-electron chi connectivity index (χ3n) is 5.45. The van der Waals surface area contributed by atoms with Gasteiger partial charge in [0.15, 0.2) is 18.1 Å². The first kappa shape index (κ1) is 23.7. The summed E-state index contributed by atoms with van der Waals surface area (Å²) >= 11 is 0. The Hall–Kier alpha value is -3.93. The number of hydrogen-bond acceptors (Lipinski definition) is 7. The number of carbonyl (C=O) groups excluding carboxylic acids is 2. The van der Waals surface area contributed by atoms with Crippen molar-refractivity contribution in [2.75, 3.05) is 34.5 Å². The van der Waals surface area contributed by atoms with Crippen molar-refractivity contribution in [2.24, 2.45) is 0 Å². The Morgan fingerprint density at radius 3 is 2.39 bits per heavy atom. The fourth-order valence-electron chi connectivity index (χ4n) is 3.70. The largest absolute Gasteiger partial charge is 0.497 e. The molecule has 0 aliphatic carbocycles.